The van der Waals surface area contributed by atoms with Gasteiger partial charge in [0.2, 0.25) is 5.82 Å². The number of hydrogen-bond acceptors (Lipinski definition) is 6. The number of thiophene rings is 1. The molecule has 0 spiro atoms. The van der Waals surface area contributed by atoms with E-state index in [0.717, 1.165) is 37.2 Å². The number of methoxy groups -OCH3 is 1. The van der Waals surface area contributed by atoms with E-state index in [4.69, 9.17) is 15.0 Å². The monoisotopic (exact) mass is 293 g/mol. The van der Waals surface area contributed by atoms with E-state index in [1.54, 1.807) is 7.11 Å². The first-order valence-electron chi connectivity index (χ1n) is 6.87. The van der Waals surface area contributed by atoms with Gasteiger partial charge in [-0.3, -0.25) is 0 Å². The molecule has 2 N–H and O–H groups in total. The normalized spacial score (nSPS) is 26.8. The molecule has 0 bridgehead atoms. The maximum absolute atomic E-state index is 5.90. The number of aromatic nitrogens is 2. The van der Waals surface area contributed by atoms with Crippen molar-refractivity contribution in [2.24, 2.45) is 5.92 Å². The van der Waals surface area contributed by atoms with Crippen LogP contribution in [0.4, 0.5) is 5.00 Å². The van der Waals surface area contributed by atoms with Crippen molar-refractivity contribution in [3.8, 4) is 11.5 Å². The summed E-state index contributed by atoms with van der Waals surface area (Å²) in [6.07, 6.45) is 4.11. The van der Waals surface area contributed by atoms with Crippen LogP contribution in [0.3, 0.4) is 0 Å². The quantitative estimate of drug-likeness (QED) is 0.938. The van der Waals surface area contributed by atoms with Crippen molar-refractivity contribution in [2.45, 2.75) is 38.2 Å². The zero-order chi connectivity index (χ0) is 14.2. The van der Waals surface area contributed by atoms with E-state index in [1.807, 2.05) is 11.4 Å². The van der Waals surface area contributed by atoms with Gasteiger partial charge in [0.05, 0.1) is 10.6 Å². The van der Waals surface area contributed by atoms with Gasteiger partial charge in [0.1, 0.15) is 5.60 Å². The molecule has 2 aromatic rings. The van der Waals surface area contributed by atoms with Crippen molar-refractivity contribution in [3.63, 3.8) is 0 Å². The molecule has 0 aliphatic heterocycles. The standard InChI is InChI=1S/C14H19N3O2S/c1-9-3-6-14(18-2,7-4-9)13-16-12(19-17-13)10-5-8-20-11(10)15/h5,8-9H,3-4,6-7,15H2,1-2H3. The molecule has 1 saturated carbocycles. The molecule has 0 amide bonds. The number of ether oxygens (including phenoxy) is 1. The van der Waals surface area contributed by atoms with E-state index in [2.05, 4.69) is 17.1 Å². The Kier molecular flexibility index (Phi) is 3.52. The molecule has 0 aromatic carbocycles. The smallest absolute Gasteiger partial charge is 0.261 e. The largest absolute Gasteiger partial charge is 0.390 e. The Labute approximate surface area is 122 Å². The van der Waals surface area contributed by atoms with E-state index >= 15 is 0 Å². The zero-order valence-corrected chi connectivity index (χ0v) is 12.6. The van der Waals surface area contributed by atoms with Crippen LogP contribution >= 0.6 is 11.3 Å². The fourth-order valence-electron chi connectivity index (χ4n) is 2.76. The average molecular weight is 293 g/mol. The molecule has 0 radical (unpaired) electrons. The van der Waals surface area contributed by atoms with Gasteiger partial charge in [-0.1, -0.05) is 12.1 Å². The molecule has 20 heavy (non-hydrogen) atoms. The van der Waals surface area contributed by atoms with Gasteiger partial charge in [-0.25, -0.2) is 0 Å². The van der Waals surface area contributed by atoms with Crippen molar-refractivity contribution < 1.29 is 9.26 Å². The van der Waals surface area contributed by atoms with Gasteiger partial charge < -0.3 is 15.0 Å². The van der Waals surface area contributed by atoms with Crippen LogP contribution < -0.4 is 5.73 Å². The SMILES string of the molecule is COC1(c2noc(-c3ccsc3N)n2)CCC(C)CC1. The lowest BCUT2D eigenvalue weighted by Gasteiger charge is -2.35. The minimum absolute atomic E-state index is 0.404. The molecule has 1 fully saturated rings. The van der Waals surface area contributed by atoms with E-state index < -0.39 is 5.60 Å². The highest BCUT2D eigenvalue weighted by Crippen LogP contribution is 2.41. The van der Waals surface area contributed by atoms with Crippen LogP contribution in [0.5, 0.6) is 0 Å². The van der Waals surface area contributed by atoms with Gasteiger partial charge in [0, 0.05) is 7.11 Å². The summed E-state index contributed by atoms with van der Waals surface area (Å²) in [5.74, 6) is 1.86. The van der Waals surface area contributed by atoms with Crippen LogP contribution in [0.15, 0.2) is 16.0 Å². The van der Waals surface area contributed by atoms with E-state index in [1.165, 1.54) is 11.3 Å². The average Bonchev–Trinajstić information content (AvgIpc) is 3.09. The lowest BCUT2D eigenvalue weighted by molar-refractivity contribution is -0.0609. The van der Waals surface area contributed by atoms with E-state index in [-0.39, 0.29) is 0 Å². The van der Waals surface area contributed by atoms with Crippen molar-refractivity contribution in [1.29, 1.82) is 0 Å². The molecule has 5 nitrogen and oxygen atoms in total. The third-order valence-electron chi connectivity index (χ3n) is 4.23. The Balaban J connectivity index is 1.91. The summed E-state index contributed by atoms with van der Waals surface area (Å²) in [6, 6.07) is 1.90. The summed E-state index contributed by atoms with van der Waals surface area (Å²) in [7, 11) is 1.73. The molecule has 0 atom stereocenters. The van der Waals surface area contributed by atoms with E-state index in [9.17, 15) is 0 Å². The van der Waals surface area contributed by atoms with Crippen LogP contribution in [0.1, 0.15) is 38.4 Å². The number of anilines is 1. The van der Waals surface area contributed by atoms with E-state index in [0.29, 0.717) is 16.7 Å². The zero-order valence-electron chi connectivity index (χ0n) is 11.8. The van der Waals surface area contributed by atoms with Crippen LogP contribution in [-0.4, -0.2) is 17.3 Å². The van der Waals surface area contributed by atoms with Crippen LogP contribution in [0.25, 0.3) is 11.5 Å². The molecule has 1 aliphatic rings. The summed E-state index contributed by atoms with van der Waals surface area (Å²) >= 11 is 1.47. The number of rotatable bonds is 3. The maximum Gasteiger partial charge on any atom is 0.261 e. The molecular formula is C14H19N3O2S. The van der Waals surface area contributed by atoms with Crippen LogP contribution in [0, 0.1) is 5.92 Å². The highest BCUT2D eigenvalue weighted by molar-refractivity contribution is 7.14. The molecule has 0 unspecified atom stereocenters. The molecule has 6 heteroatoms. The first-order chi connectivity index (χ1) is 9.64. The Morgan fingerprint density at radius 2 is 2.20 bits per heavy atom. The first kappa shape index (κ1) is 13.6. The summed E-state index contributed by atoms with van der Waals surface area (Å²) in [6.45, 7) is 2.27. The maximum atomic E-state index is 5.90. The Bertz CT molecular complexity index is 585. The molecular weight excluding hydrogens is 274 g/mol. The number of nitrogen functional groups attached to an aromatic ring is 1. The highest BCUT2D eigenvalue weighted by atomic mass is 32.1. The van der Waals surface area contributed by atoms with Gasteiger partial charge in [0.25, 0.3) is 5.89 Å². The molecule has 3 rings (SSSR count). The third kappa shape index (κ3) is 2.23. The van der Waals surface area contributed by atoms with Gasteiger partial charge >= 0.3 is 0 Å². The van der Waals surface area contributed by atoms with Gasteiger partial charge in [-0.05, 0) is 43.0 Å². The second kappa shape index (κ2) is 5.18. The minimum Gasteiger partial charge on any atom is -0.390 e. The van der Waals surface area contributed by atoms with Crippen molar-refractivity contribution >= 4 is 16.3 Å². The van der Waals surface area contributed by atoms with Gasteiger partial charge in [-0.2, -0.15) is 4.98 Å². The Hall–Kier alpha value is -1.40. The number of nitrogens with zero attached hydrogens (tertiary/aromatic N) is 2. The van der Waals surface area contributed by atoms with Crippen molar-refractivity contribution in [3.05, 3.63) is 17.3 Å². The number of nitrogens with two attached hydrogens (primary N) is 1. The third-order valence-corrected chi connectivity index (χ3v) is 4.98. The summed E-state index contributed by atoms with van der Waals surface area (Å²) in [5.41, 5.74) is 6.31. The molecule has 108 valence electrons. The van der Waals surface area contributed by atoms with Crippen LogP contribution in [0.2, 0.25) is 0 Å². The molecule has 2 aromatic heterocycles. The minimum atomic E-state index is -0.404. The Morgan fingerprint density at radius 1 is 1.45 bits per heavy atom. The van der Waals surface area contributed by atoms with Crippen molar-refractivity contribution in [2.75, 3.05) is 12.8 Å². The molecule has 2 heterocycles. The molecule has 1 aliphatic carbocycles. The summed E-state index contributed by atoms with van der Waals surface area (Å²) in [5, 5.41) is 6.76. The predicted molar refractivity (Wildman–Crippen MR) is 78.3 cm³/mol. The Morgan fingerprint density at radius 3 is 2.80 bits per heavy atom. The van der Waals surface area contributed by atoms with Gasteiger partial charge in [0.15, 0.2) is 0 Å². The number of hydrogen-bond donors (Lipinski definition) is 1. The first-order valence-corrected chi connectivity index (χ1v) is 7.75. The highest BCUT2D eigenvalue weighted by Gasteiger charge is 2.40. The predicted octanol–water partition coefficient (Wildman–Crippen LogP) is 3.43. The van der Waals surface area contributed by atoms with Gasteiger partial charge in [-0.15, -0.1) is 11.3 Å². The van der Waals surface area contributed by atoms with Crippen molar-refractivity contribution in [1.82, 2.24) is 10.1 Å². The fourth-order valence-corrected chi connectivity index (χ4v) is 3.40. The second-order valence-corrected chi connectivity index (χ2v) is 6.45. The second-order valence-electron chi connectivity index (χ2n) is 5.50. The lowest BCUT2D eigenvalue weighted by Crippen LogP contribution is -2.34. The lowest BCUT2D eigenvalue weighted by atomic mass is 9.79. The van der Waals surface area contributed by atoms with Crippen LogP contribution in [-0.2, 0) is 10.3 Å². The topological polar surface area (TPSA) is 74.2 Å². The fraction of sp³-hybridized carbons (Fsp3) is 0.571. The summed E-state index contributed by atoms with van der Waals surface area (Å²) < 4.78 is 11.1. The molecule has 0 saturated heterocycles. The summed E-state index contributed by atoms with van der Waals surface area (Å²) in [4.78, 5) is 4.53.